The van der Waals surface area contributed by atoms with Crippen LogP contribution >= 0.6 is 0 Å². The molecule has 2 aliphatic carbocycles. The number of rotatable bonds is 4. The van der Waals surface area contributed by atoms with Crippen LogP contribution in [0.4, 0.5) is 0 Å². The summed E-state index contributed by atoms with van der Waals surface area (Å²) in [6, 6.07) is 0. The Morgan fingerprint density at radius 2 is 1.51 bits per heavy atom. The Balaban J connectivity index is 2.41. The Bertz CT molecular complexity index is 1090. The van der Waals surface area contributed by atoms with Crippen LogP contribution in [0.5, 0.6) is 0 Å². The smallest absolute Gasteiger partial charge is 0.312 e. The van der Waals surface area contributed by atoms with Crippen molar-refractivity contribution in [2.75, 3.05) is 0 Å². The first-order valence-electron chi connectivity index (χ1n) is 13.0. The van der Waals surface area contributed by atoms with Gasteiger partial charge in [-0.3, -0.25) is 24.0 Å². The van der Waals surface area contributed by atoms with Gasteiger partial charge >= 0.3 is 29.8 Å². The van der Waals surface area contributed by atoms with Crippen molar-refractivity contribution in [3.05, 3.63) is 23.8 Å². The summed E-state index contributed by atoms with van der Waals surface area (Å²) in [4.78, 5) is 62.1. The fraction of sp³-hybridized carbons (Fsp3) is 0.679. The molecular weight excluding hydrogens is 512 g/mol. The van der Waals surface area contributed by atoms with Gasteiger partial charge in [-0.2, -0.15) is 0 Å². The highest BCUT2D eigenvalue weighted by molar-refractivity contribution is 5.78. The molecule has 1 aliphatic heterocycles. The zero-order valence-corrected chi connectivity index (χ0v) is 23.5. The highest BCUT2D eigenvalue weighted by Gasteiger charge is 2.67. The average molecular weight is 551 g/mol. The van der Waals surface area contributed by atoms with Crippen LogP contribution in [0.25, 0.3) is 0 Å². The number of fused-ring (bicyclic) bond motifs is 2. The van der Waals surface area contributed by atoms with E-state index >= 15 is 0 Å². The summed E-state index contributed by atoms with van der Waals surface area (Å²) < 4.78 is 28.6. The van der Waals surface area contributed by atoms with Crippen LogP contribution < -0.4 is 0 Å². The molecule has 9 unspecified atom stereocenters. The standard InChI is InChI=1S/C28H38O11/c1-13-9-10-21(36-17(5)30)27(8)22(37-18(6)31)12-20(35-16(4)29)14(2)11-23-28(34,15(3)26(33)39-23)25(24(13)27)38-19(7)32/h11,15,20-25,34H,1,9-10,12H2,2-8H3/b14-11-. The lowest BCUT2D eigenvalue weighted by Gasteiger charge is -2.55. The number of hydrogen-bond donors (Lipinski definition) is 1. The van der Waals surface area contributed by atoms with Crippen LogP contribution in [-0.4, -0.2) is 71.1 Å². The highest BCUT2D eigenvalue weighted by Crippen LogP contribution is 2.56. The second-order valence-corrected chi connectivity index (χ2v) is 11.0. The van der Waals surface area contributed by atoms with Gasteiger partial charge in [0.1, 0.15) is 24.4 Å². The van der Waals surface area contributed by atoms with Crippen LogP contribution in [0.15, 0.2) is 23.8 Å². The van der Waals surface area contributed by atoms with Crippen molar-refractivity contribution in [2.45, 2.75) is 104 Å². The van der Waals surface area contributed by atoms with E-state index in [-0.39, 0.29) is 6.42 Å². The number of hydrogen-bond acceptors (Lipinski definition) is 11. The first-order valence-corrected chi connectivity index (χ1v) is 13.0. The van der Waals surface area contributed by atoms with Crippen molar-refractivity contribution in [1.82, 2.24) is 0 Å². The lowest BCUT2D eigenvalue weighted by atomic mass is 9.54. The topological polar surface area (TPSA) is 152 Å². The third kappa shape index (κ3) is 5.59. The lowest BCUT2D eigenvalue weighted by molar-refractivity contribution is -0.221. The predicted molar refractivity (Wildman–Crippen MR) is 135 cm³/mol. The van der Waals surface area contributed by atoms with E-state index in [1.54, 1.807) is 13.8 Å². The molecule has 11 nitrogen and oxygen atoms in total. The highest BCUT2D eigenvalue weighted by atomic mass is 16.6. The van der Waals surface area contributed by atoms with Gasteiger partial charge in [0, 0.05) is 40.0 Å². The van der Waals surface area contributed by atoms with Crippen LogP contribution in [0, 0.1) is 17.3 Å². The molecule has 0 amide bonds. The SMILES string of the molecule is C=C1CCC(OC(C)=O)C2(C)C(OC(C)=O)CC(OC(C)=O)/C(C)=C\C3OC(=O)C(C)C3(O)C(OC(C)=O)C12. The van der Waals surface area contributed by atoms with E-state index in [4.69, 9.17) is 23.7 Å². The van der Waals surface area contributed by atoms with Crippen LogP contribution in [0.2, 0.25) is 0 Å². The third-order valence-electron chi connectivity index (χ3n) is 8.30. The molecule has 1 N–H and O–H groups in total. The molecule has 0 bridgehead atoms. The van der Waals surface area contributed by atoms with E-state index in [1.165, 1.54) is 40.7 Å². The summed E-state index contributed by atoms with van der Waals surface area (Å²) in [7, 11) is 0. The normalized spacial score (nSPS) is 39.6. The van der Waals surface area contributed by atoms with E-state index < -0.39 is 83.2 Å². The Labute approximate surface area is 227 Å². The van der Waals surface area contributed by atoms with Gasteiger partial charge in [0.05, 0.1) is 11.3 Å². The van der Waals surface area contributed by atoms with Gasteiger partial charge in [0.2, 0.25) is 0 Å². The second kappa shape index (κ2) is 11.1. The maximum atomic E-state index is 12.9. The summed E-state index contributed by atoms with van der Waals surface area (Å²) in [5.41, 5.74) is -2.51. The van der Waals surface area contributed by atoms with Crippen molar-refractivity contribution in [3.63, 3.8) is 0 Å². The van der Waals surface area contributed by atoms with Crippen LogP contribution in [-0.2, 0) is 47.7 Å². The number of carbonyl (C=O) groups excluding carboxylic acids is 5. The minimum atomic E-state index is -2.10. The molecule has 0 aromatic rings. The van der Waals surface area contributed by atoms with Gasteiger partial charge in [0.25, 0.3) is 0 Å². The van der Waals surface area contributed by atoms with E-state index in [1.807, 2.05) is 0 Å². The maximum Gasteiger partial charge on any atom is 0.312 e. The van der Waals surface area contributed by atoms with E-state index in [2.05, 4.69) is 6.58 Å². The fourth-order valence-electron chi connectivity index (χ4n) is 6.40. The Kier molecular flexibility index (Phi) is 8.64. The molecule has 1 saturated heterocycles. The second-order valence-electron chi connectivity index (χ2n) is 11.0. The summed E-state index contributed by atoms with van der Waals surface area (Å²) in [6.45, 7) is 13.9. The monoisotopic (exact) mass is 550 g/mol. The Morgan fingerprint density at radius 1 is 0.974 bits per heavy atom. The van der Waals surface area contributed by atoms with Crippen molar-refractivity contribution < 1.29 is 52.8 Å². The van der Waals surface area contributed by atoms with E-state index in [9.17, 15) is 29.1 Å². The zero-order chi connectivity index (χ0) is 29.4. The first-order chi connectivity index (χ1) is 18.0. The Morgan fingerprint density at radius 3 is 2.05 bits per heavy atom. The largest absolute Gasteiger partial charge is 0.462 e. The van der Waals surface area contributed by atoms with Crippen molar-refractivity contribution >= 4 is 29.8 Å². The summed E-state index contributed by atoms with van der Waals surface area (Å²) in [5.74, 6) is -5.42. The summed E-state index contributed by atoms with van der Waals surface area (Å²) in [6.07, 6.45) is -3.56. The van der Waals surface area contributed by atoms with Gasteiger partial charge in [-0.05, 0) is 38.3 Å². The molecule has 216 valence electrons. The minimum Gasteiger partial charge on any atom is -0.462 e. The molecule has 0 aromatic heterocycles. The molecule has 0 aromatic carbocycles. The molecule has 0 radical (unpaired) electrons. The molecule has 39 heavy (non-hydrogen) atoms. The van der Waals surface area contributed by atoms with Crippen molar-refractivity contribution in [3.8, 4) is 0 Å². The Hall–Kier alpha value is -3.21. The summed E-state index contributed by atoms with van der Waals surface area (Å²) in [5, 5.41) is 12.3. The molecule has 9 atom stereocenters. The van der Waals surface area contributed by atoms with Gasteiger partial charge < -0.3 is 28.8 Å². The van der Waals surface area contributed by atoms with E-state index in [0.29, 0.717) is 24.0 Å². The van der Waals surface area contributed by atoms with Gasteiger partial charge in [-0.1, -0.05) is 19.1 Å². The molecular formula is C28H38O11. The molecule has 11 heteroatoms. The first kappa shape index (κ1) is 30.3. The third-order valence-corrected chi connectivity index (χ3v) is 8.30. The van der Waals surface area contributed by atoms with Crippen LogP contribution in [0.3, 0.4) is 0 Å². The number of esters is 5. The van der Waals surface area contributed by atoms with Crippen molar-refractivity contribution in [1.29, 1.82) is 0 Å². The quantitative estimate of drug-likeness (QED) is 0.312. The predicted octanol–water partition coefficient (Wildman–Crippen LogP) is 2.33. The summed E-state index contributed by atoms with van der Waals surface area (Å²) >= 11 is 0. The zero-order valence-electron chi connectivity index (χ0n) is 23.5. The molecule has 0 spiro atoms. The minimum absolute atomic E-state index is 0.0546. The number of carbonyl (C=O) groups is 5. The maximum absolute atomic E-state index is 12.9. The molecule has 1 heterocycles. The molecule has 1 saturated carbocycles. The molecule has 3 rings (SSSR count). The number of aliphatic hydroxyl groups is 1. The van der Waals surface area contributed by atoms with Gasteiger partial charge in [0.15, 0.2) is 11.7 Å². The average Bonchev–Trinajstić information content (AvgIpc) is 3.01. The van der Waals surface area contributed by atoms with E-state index in [0.717, 1.165) is 0 Å². The molecule has 2 fully saturated rings. The van der Waals surface area contributed by atoms with Gasteiger partial charge in [-0.15, -0.1) is 0 Å². The van der Waals surface area contributed by atoms with Gasteiger partial charge in [-0.25, -0.2) is 0 Å². The van der Waals surface area contributed by atoms with Crippen LogP contribution in [0.1, 0.15) is 67.7 Å². The number of ether oxygens (including phenoxy) is 5. The molecule has 3 aliphatic rings. The van der Waals surface area contributed by atoms with Crippen molar-refractivity contribution in [2.24, 2.45) is 17.3 Å². The lowest BCUT2D eigenvalue weighted by Crippen LogP contribution is -2.66. The fourth-order valence-corrected chi connectivity index (χ4v) is 6.40.